The van der Waals surface area contributed by atoms with Crippen LogP contribution < -0.4 is 0 Å². The van der Waals surface area contributed by atoms with Crippen molar-refractivity contribution < 1.29 is 0 Å². The van der Waals surface area contributed by atoms with Gasteiger partial charge in [-0.15, -0.1) is 0 Å². The Kier molecular flexibility index (Phi) is 8.20. The van der Waals surface area contributed by atoms with Gasteiger partial charge in [0.05, 0.1) is 0 Å². The van der Waals surface area contributed by atoms with Gasteiger partial charge in [0, 0.05) is 16.7 Å². The van der Waals surface area contributed by atoms with Crippen LogP contribution in [0.3, 0.4) is 0 Å². The van der Waals surface area contributed by atoms with E-state index in [-0.39, 0.29) is 0 Å². The highest BCUT2D eigenvalue weighted by Gasteiger charge is 2.15. The Morgan fingerprint density at radius 2 is 0.654 bits per heavy atom. The van der Waals surface area contributed by atoms with Gasteiger partial charge < -0.3 is 0 Å². The lowest BCUT2D eigenvalue weighted by Gasteiger charge is -2.15. The Morgan fingerprint density at radius 3 is 1.35 bits per heavy atom. The molecule has 8 aromatic carbocycles. The van der Waals surface area contributed by atoms with Crippen LogP contribution in [0.2, 0.25) is 0 Å². The summed E-state index contributed by atoms with van der Waals surface area (Å²) in [7, 11) is 0. The topological polar surface area (TPSA) is 38.7 Å². The molecule has 0 aliphatic carbocycles. The smallest absolute Gasteiger partial charge is 0.164 e. The lowest BCUT2D eigenvalue weighted by molar-refractivity contribution is 1.07. The summed E-state index contributed by atoms with van der Waals surface area (Å²) in [4.78, 5) is 15.1. The lowest BCUT2D eigenvalue weighted by Crippen LogP contribution is -2.00. The third-order valence-electron chi connectivity index (χ3n) is 9.54. The van der Waals surface area contributed by atoms with Crippen LogP contribution in [0.15, 0.2) is 200 Å². The molecular formula is C49H33N3. The molecule has 1 aromatic heterocycles. The Morgan fingerprint density at radius 1 is 0.212 bits per heavy atom. The zero-order valence-electron chi connectivity index (χ0n) is 28.4. The molecule has 0 aliphatic heterocycles. The van der Waals surface area contributed by atoms with E-state index in [2.05, 4.69) is 164 Å². The van der Waals surface area contributed by atoms with Crippen molar-refractivity contribution in [1.29, 1.82) is 0 Å². The molecule has 0 atom stereocenters. The number of hydrogen-bond acceptors (Lipinski definition) is 3. The van der Waals surface area contributed by atoms with Crippen LogP contribution in [0.25, 0.3) is 89.4 Å². The van der Waals surface area contributed by atoms with Crippen molar-refractivity contribution in [2.75, 3.05) is 0 Å². The van der Waals surface area contributed by atoms with E-state index < -0.39 is 0 Å². The fraction of sp³-hybridized carbons (Fsp3) is 0. The predicted octanol–water partition coefficient (Wildman–Crippen LogP) is 12.7. The Hall–Kier alpha value is -6.97. The second-order valence-corrected chi connectivity index (χ2v) is 12.9. The van der Waals surface area contributed by atoms with Crippen LogP contribution in [0.1, 0.15) is 0 Å². The van der Waals surface area contributed by atoms with Crippen molar-refractivity contribution in [2.24, 2.45) is 0 Å². The van der Waals surface area contributed by atoms with Gasteiger partial charge >= 0.3 is 0 Å². The molecule has 3 nitrogen and oxygen atoms in total. The zero-order chi connectivity index (χ0) is 34.7. The summed E-state index contributed by atoms with van der Waals surface area (Å²) in [5.41, 5.74) is 12.1. The molecule has 0 aliphatic rings. The van der Waals surface area contributed by atoms with Gasteiger partial charge in [0.25, 0.3) is 0 Å². The number of rotatable bonds is 7. The van der Waals surface area contributed by atoms with Crippen molar-refractivity contribution in [3.8, 4) is 78.7 Å². The number of hydrogen-bond donors (Lipinski definition) is 0. The zero-order valence-corrected chi connectivity index (χ0v) is 28.4. The number of fused-ring (bicyclic) bond motifs is 1. The van der Waals surface area contributed by atoms with Gasteiger partial charge in [0.1, 0.15) is 0 Å². The van der Waals surface area contributed by atoms with Gasteiger partial charge in [0.15, 0.2) is 17.5 Å². The molecule has 0 bridgehead atoms. The maximum atomic E-state index is 5.07. The van der Waals surface area contributed by atoms with E-state index in [0.717, 1.165) is 33.4 Å². The summed E-state index contributed by atoms with van der Waals surface area (Å²) in [5, 5.41) is 2.47. The minimum absolute atomic E-state index is 0.631. The maximum Gasteiger partial charge on any atom is 0.164 e. The van der Waals surface area contributed by atoms with Gasteiger partial charge in [-0.1, -0.05) is 182 Å². The highest BCUT2D eigenvalue weighted by molar-refractivity contribution is 5.91. The van der Waals surface area contributed by atoms with Crippen molar-refractivity contribution in [2.45, 2.75) is 0 Å². The predicted molar refractivity (Wildman–Crippen MR) is 215 cm³/mol. The molecule has 244 valence electrons. The second-order valence-electron chi connectivity index (χ2n) is 12.9. The van der Waals surface area contributed by atoms with Crippen LogP contribution in [0.4, 0.5) is 0 Å². The highest BCUT2D eigenvalue weighted by atomic mass is 15.0. The van der Waals surface area contributed by atoms with Gasteiger partial charge in [-0.25, -0.2) is 15.0 Å². The van der Waals surface area contributed by atoms with Crippen molar-refractivity contribution in [1.82, 2.24) is 15.0 Å². The molecule has 9 rings (SSSR count). The molecule has 0 fully saturated rings. The van der Waals surface area contributed by atoms with Gasteiger partial charge in [0.2, 0.25) is 0 Å². The SMILES string of the molecule is c1ccc(-c2ccc(-c3nc(-c4ccccc4)nc(-c4cccc(-c5ccc(-c6ccc7ccccc7c6)cc5-c5ccccc5)c4)n3)cc2)cc1. The number of aromatic nitrogens is 3. The monoisotopic (exact) mass is 663 g/mol. The Bertz CT molecular complexity index is 2650. The standard InChI is InChI=1S/C49H33N3/c1-4-13-34(14-5-1)36-23-26-39(27-24-36)48-50-47(38-18-8-3-9-19-38)51-49(52-48)44-22-12-21-43(32-44)45-30-29-42(33-46(45)37-16-6-2-7-17-37)41-28-25-35-15-10-11-20-40(35)31-41/h1-33H. The van der Waals surface area contributed by atoms with Crippen molar-refractivity contribution >= 4 is 10.8 Å². The minimum Gasteiger partial charge on any atom is -0.208 e. The first-order valence-electron chi connectivity index (χ1n) is 17.5. The van der Waals surface area contributed by atoms with Gasteiger partial charge in [-0.2, -0.15) is 0 Å². The summed E-state index contributed by atoms with van der Waals surface area (Å²) < 4.78 is 0. The largest absolute Gasteiger partial charge is 0.208 e. The molecule has 0 spiro atoms. The fourth-order valence-corrected chi connectivity index (χ4v) is 6.82. The summed E-state index contributed by atoms with van der Waals surface area (Å²) >= 11 is 0. The average Bonchev–Trinajstić information content (AvgIpc) is 3.24. The second kappa shape index (κ2) is 13.7. The summed E-state index contributed by atoms with van der Waals surface area (Å²) in [6, 6.07) is 70.1. The van der Waals surface area contributed by atoms with Crippen LogP contribution in [-0.4, -0.2) is 15.0 Å². The first-order valence-corrected chi connectivity index (χ1v) is 17.5. The molecule has 0 unspecified atom stereocenters. The number of benzene rings is 8. The van der Waals surface area contributed by atoms with E-state index in [1.807, 2.05) is 36.4 Å². The van der Waals surface area contributed by atoms with Gasteiger partial charge in [-0.3, -0.25) is 0 Å². The lowest BCUT2D eigenvalue weighted by atomic mass is 9.90. The molecule has 1 heterocycles. The molecule has 0 saturated carbocycles. The molecule has 0 saturated heterocycles. The van der Waals surface area contributed by atoms with Crippen LogP contribution >= 0.6 is 0 Å². The van der Waals surface area contributed by atoms with Crippen molar-refractivity contribution in [3.05, 3.63) is 200 Å². The summed E-state index contributed by atoms with van der Waals surface area (Å²) in [6.07, 6.45) is 0. The first kappa shape index (κ1) is 31.0. The number of nitrogens with zero attached hydrogens (tertiary/aromatic N) is 3. The van der Waals surface area contributed by atoms with Crippen molar-refractivity contribution in [3.63, 3.8) is 0 Å². The first-order chi connectivity index (χ1) is 25.7. The van der Waals surface area contributed by atoms with Crippen LogP contribution in [0.5, 0.6) is 0 Å². The molecule has 0 radical (unpaired) electrons. The van der Waals surface area contributed by atoms with E-state index in [0.29, 0.717) is 17.5 Å². The van der Waals surface area contributed by atoms with Gasteiger partial charge in [-0.05, 0) is 73.5 Å². The van der Waals surface area contributed by atoms with E-state index >= 15 is 0 Å². The molecular weight excluding hydrogens is 631 g/mol. The van der Waals surface area contributed by atoms with Crippen LogP contribution in [0, 0.1) is 0 Å². The molecule has 3 heteroatoms. The highest BCUT2D eigenvalue weighted by Crippen LogP contribution is 2.38. The fourth-order valence-electron chi connectivity index (χ4n) is 6.82. The van der Waals surface area contributed by atoms with E-state index in [1.54, 1.807) is 0 Å². The van der Waals surface area contributed by atoms with E-state index in [4.69, 9.17) is 15.0 Å². The van der Waals surface area contributed by atoms with E-state index in [1.165, 1.54) is 38.6 Å². The molecule has 0 amide bonds. The Balaban J connectivity index is 1.14. The summed E-state index contributed by atoms with van der Waals surface area (Å²) in [6.45, 7) is 0. The summed E-state index contributed by atoms with van der Waals surface area (Å²) in [5.74, 6) is 1.91. The third kappa shape index (κ3) is 6.28. The average molecular weight is 664 g/mol. The Labute approximate surface area is 303 Å². The minimum atomic E-state index is 0.631. The van der Waals surface area contributed by atoms with Crippen LogP contribution in [-0.2, 0) is 0 Å². The normalized spacial score (nSPS) is 11.1. The molecule has 0 N–H and O–H groups in total. The maximum absolute atomic E-state index is 5.07. The van der Waals surface area contributed by atoms with E-state index in [9.17, 15) is 0 Å². The quantitative estimate of drug-likeness (QED) is 0.170. The molecule has 52 heavy (non-hydrogen) atoms. The third-order valence-corrected chi connectivity index (χ3v) is 9.54. The molecule has 9 aromatic rings.